The normalized spacial score (nSPS) is 15.7. The molecular weight excluding hydrogens is 350 g/mol. The topological polar surface area (TPSA) is 94.5 Å². The fraction of sp³-hybridized carbons (Fsp3) is 0.238. The number of anilines is 2. The first-order chi connectivity index (χ1) is 13.7. The van der Waals surface area contributed by atoms with Crippen molar-refractivity contribution in [3.63, 3.8) is 0 Å². The lowest BCUT2D eigenvalue weighted by molar-refractivity contribution is 0.553. The number of tetrazole rings is 1. The lowest BCUT2D eigenvalue weighted by Gasteiger charge is -2.17. The number of aromatic nitrogens is 5. The second-order valence-electron chi connectivity index (χ2n) is 7.07. The lowest BCUT2D eigenvalue weighted by atomic mass is 10.1. The van der Waals surface area contributed by atoms with Crippen molar-refractivity contribution in [3.05, 3.63) is 59.7 Å². The number of nitrogen functional groups attached to an aromatic ring is 1. The van der Waals surface area contributed by atoms with Crippen LogP contribution < -0.4 is 11.1 Å². The van der Waals surface area contributed by atoms with Crippen molar-refractivity contribution in [1.29, 1.82) is 0 Å². The molecule has 5 rings (SSSR count). The first kappa shape index (κ1) is 16.7. The third kappa shape index (κ3) is 2.85. The molecular formula is C21H21N7. The Balaban J connectivity index is 1.62. The van der Waals surface area contributed by atoms with Gasteiger partial charge in [-0.3, -0.25) is 0 Å². The van der Waals surface area contributed by atoms with Gasteiger partial charge in [-0.25, -0.2) is 4.98 Å². The SMILES string of the molecule is CCn1nnc(-c2cc3cc(N)ccc3nc2N[C@@H]2CCc3ccccc32)n1. The molecule has 0 bridgehead atoms. The summed E-state index contributed by atoms with van der Waals surface area (Å²) in [6.45, 7) is 2.65. The molecule has 0 spiro atoms. The number of benzene rings is 2. The van der Waals surface area contributed by atoms with Gasteiger partial charge in [0.2, 0.25) is 5.82 Å². The fourth-order valence-electron chi connectivity index (χ4n) is 3.83. The Labute approximate surface area is 162 Å². The van der Waals surface area contributed by atoms with E-state index in [2.05, 4.69) is 45.0 Å². The maximum atomic E-state index is 5.97. The molecule has 140 valence electrons. The van der Waals surface area contributed by atoms with Crippen LogP contribution in [0, 0.1) is 0 Å². The molecule has 0 aliphatic heterocycles. The quantitative estimate of drug-likeness (QED) is 0.532. The highest BCUT2D eigenvalue weighted by molar-refractivity contribution is 5.89. The van der Waals surface area contributed by atoms with Crippen molar-refractivity contribution in [3.8, 4) is 11.4 Å². The predicted octanol–water partition coefficient (Wildman–Crippen LogP) is 3.59. The van der Waals surface area contributed by atoms with Crippen molar-refractivity contribution in [2.45, 2.75) is 32.4 Å². The molecule has 0 unspecified atom stereocenters. The summed E-state index contributed by atoms with van der Waals surface area (Å²) in [5.41, 5.74) is 11.1. The number of rotatable bonds is 4. The number of fused-ring (bicyclic) bond motifs is 2. The summed E-state index contributed by atoms with van der Waals surface area (Å²) < 4.78 is 0. The molecule has 4 aromatic rings. The molecule has 0 saturated heterocycles. The molecule has 7 heteroatoms. The van der Waals surface area contributed by atoms with Crippen molar-refractivity contribution in [2.75, 3.05) is 11.1 Å². The number of nitrogens with two attached hydrogens (primary N) is 1. The molecule has 2 aromatic heterocycles. The van der Waals surface area contributed by atoms with E-state index >= 15 is 0 Å². The predicted molar refractivity (Wildman–Crippen MR) is 110 cm³/mol. The smallest absolute Gasteiger partial charge is 0.208 e. The first-order valence-corrected chi connectivity index (χ1v) is 9.54. The van der Waals surface area contributed by atoms with E-state index in [9.17, 15) is 0 Å². The monoisotopic (exact) mass is 371 g/mol. The summed E-state index contributed by atoms with van der Waals surface area (Å²) in [6.07, 6.45) is 2.10. The largest absolute Gasteiger partial charge is 0.399 e. The summed E-state index contributed by atoms with van der Waals surface area (Å²) in [5, 5.41) is 17.4. The molecule has 0 radical (unpaired) electrons. The zero-order chi connectivity index (χ0) is 19.1. The molecule has 1 aliphatic carbocycles. The van der Waals surface area contributed by atoms with E-state index in [0.717, 1.165) is 35.1 Å². The van der Waals surface area contributed by atoms with Crippen molar-refractivity contribution >= 4 is 22.4 Å². The van der Waals surface area contributed by atoms with Crippen molar-refractivity contribution in [1.82, 2.24) is 25.2 Å². The molecule has 1 atom stereocenters. The van der Waals surface area contributed by atoms with Crippen molar-refractivity contribution < 1.29 is 0 Å². The molecule has 3 N–H and O–H groups in total. The van der Waals surface area contributed by atoms with Gasteiger partial charge in [0, 0.05) is 11.1 Å². The van der Waals surface area contributed by atoms with Gasteiger partial charge in [-0.05, 0) is 60.4 Å². The molecule has 2 heterocycles. The molecule has 0 amide bonds. The zero-order valence-corrected chi connectivity index (χ0v) is 15.6. The number of nitrogens with zero attached hydrogens (tertiary/aromatic N) is 5. The minimum Gasteiger partial charge on any atom is -0.399 e. The van der Waals surface area contributed by atoms with E-state index in [1.807, 2.05) is 31.2 Å². The number of hydrogen-bond donors (Lipinski definition) is 2. The minimum absolute atomic E-state index is 0.218. The second kappa shape index (κ2) is 6.60. The maximum absolute atomic E-state index is 5.97. The Morgan fingerprint density at radius 1 is 1.18 bits per heavy atom. The van der Waals surface area contributed by atoms with Gasteiger partial charge in [-0.2, -0.15) is 4.80 Å². The van der Waals surface area contributed by atoms with E-state index in [1.165, 1.54) is 11.1 Å². The van der Waals surface area contributed by atoms with E-state index < -0.39 is 0 Å². The van der Waals surface area contributed by atoms with Crippen LogP contribution in [0.25, 0.3) is 22.3 Å². The van der Waals surface area contributed by atoms with Gasteiger partial charge >= 0.3 is 0 Å². The summed E-state index contributed by atoms with van der Waals surface area (Å²) in [5.74, 6) is 1.34. The van der Waals surface area contributed by atoms with Crippen LogP contribution in [0.4, 0.5) is 11.5 Å². The summed E-state index contributed by atoms with van der Waals surface area (Å²) in [4.78, 5) is 6.46. The first-order valence-electron chi connectivity index (χ1n) is 9.54. The molecule has 1 aliphatic rings. The molecule has 7 nitrogen and oxygen atoms in total. The van der Waals surface area contributed by atoms with Crippen LogP contribution in [0.1, 0.15) is 30.5 Å². The number of hydrogen-bond acceptors (Lipinski definition) is 6. The zero-order valence-electron chi connectivity index (χ0n) is 15.6. The number of nitrogens with one attached hydrogen (secondary N) is 1. The van der Waals surface area contributed by atoms with Crippen LogP contribution in [0.5, 0.6) is 0 Å². The lowest BCUT2D eigenvalue weighted by Crippen LogP contribution is -2.10. The highest BCUT2D eigenvalue weighted by Crippen LogP contribution is 2.36. The number of aryl methyl sites for hydroxylation is 2. The van der Waals surface area contributed by atoms with Crippen LogP contribution >= 0.6 is 0 Å². The van der Waals surface area contributed by atoms with E-state index in [0.29, 0.717) is 18.1 Å². The number of pyridine rings is 1. The van der Waals surface area contributed by atoms with Crippen LogP contribution in [0.3, 0.4) is 0 Å². The third-order valence-electron chi connectivity index (χ3n) is 5.26. The Morgan fingerprint density at radius 3 is 2.93 bits per heavy atom. The van der Waals surface area contributed by atoms with Crippen LogP contribution in [-0.2, 0) is 13.0 Å². The van der Waals surface area contributed by atoms with E-state index in [-0.39, 0.29) is 6.04 Å². The average Bonchev–Trinajstić information content (AvgIpc) is 3.35. The Hall–Kier alpha value is -3.48. The van der Waals surface area contributed by atoms with Crippen LogP contribution in [0.2, 0.25) is 0 Å². The van der Waals surface area contributed by atoms with Gasteiger partial charge in [0.05, 0.1) is 23.7 Å². The van der Waals surface area contributed by atoms with Gasteiger partial charge in [0.1, 0.15) is 5.82 Å². The molecule has 0 saturated carbocycles. The van der Waals surface area contributed by atoms with Gasteiger partial charge in [-0.15, -0.1) is 10.2 Å². The van der Waals surface area contributed by atoms with Gasteiger partial charge < -0.3 is 11.1 Å². The highest BCUT2D eigenvalue weighted by Gasteiger charge is 2.24. The van der Waals surface area contributed by atoms with Gasteiger partial charge in [-0.1, -0.05) is 24.3 Å². The van der Waals surface area contributed by atoms with Gasteiger partial charge in [0.25, 0.3) is 0 Å². The Bertz CT molecular complexity index is 1160. The standard InChI is InChI=1S/C21H21N7/c1-2-28-26-21(25-27-28)17-12-14-11-15(22)8-10-18(14)23-20(17)24-19-9-7-13-5-3-4-6-16(13)19/h3-6,8,10-12,19H,2,7,9,22H2,1H3,(H,23,24)/t19-/m1/s1. The molecule has 28 heavy (non-hydrogen) atoms. The third-order valence-corrected chi connectivity index (χ3v) is 5.26. The summed E-state index contributed by atoms with van der Waals surface area (Å²) in [6, 6.07) is 16.6. The van der Waals surface area contributed by atoms with Gasteiger partial charge in [0.15, 0.2) is 0 Å². The van der Waals surface area contributed by atoms with Crippen molar-refractivity contribution in [2.24, 2.45) is 0 Å². The molecule has 0 fully saturated rings. The summed E-state index contributed by atoms with van der Waals surface area (Å²) in [7, 11) is 0. The Morgan fingerprint density at radius 2 is 2.07 bits per heavy atom. The second-order valence-corrected chi connectivity index (χ2v) is 7.07. The van der Waals surface area contributed by atoms with E-state index in [1.54, 1.807) is 4.80 Å². The van der Waals surface area contributed by atoms with Crippen LogP contribution in [0.15, 0.2) is 48.5 Å². The highest BCUT2D eigenvalue weighted by atomic mass is 15.6. The Kier molecular flexibility index (Phi) is 3.93. The maximum Gasteiger partial charge on any atom is 0.208 e. The minimum atomic E-state index is 0.218. The average molecular weight is 371 g/mol. The van der Waals surface area contributed by atoms with Crippen LogP contribution in [-0.4, -0.2) is 25.2 Å². The summed E-state index contributed by atoms with van der Waals surface area (Å²) >= 11 is 0. The fourth-order valence-corrected chi connectivity index (χ4v) is 3.83. The molecule has 2 aromatic carbocycles. The van der Waals surface area contributed by atoms with E-state index in [4.69, 9.17) is 10.7 Å².